The van der Waals surface area contributed by atoms with E-state index < -0.39 is 16.8 Å². The highest BCUT2D eigenvalue weighted by atomic mass is 16.6. The van der Waals surface area contributed by atoms with Crippen LogP contribution in [0.4, 0.5) is 0 Å². The van der Waals surface area contributed by atoms with Crippen molar-refractivity contribution in [1.82, 2.24) is 0 Å². The summed E-state index contributed by atoms with van der Waals surface area (Å²) in [6.45, 7) is 9.89. The first-order valence-corrected chi connectivity index (χ1v) is 6.81. The zero-order chi connectivity index (χ0) is 13.4. The maximum atomic E-state index is 12.1. The van der Waals surface area contributed by atoms with Crippen LogP contribution < -0.4 is 0 Å². The maximum Gasteiger partial charge on any atom is 0.167 e. The van der Waals surface area contributed by atoms with Gasteiger partial charge in [0.1, 0.15) is 5.60 Å². The molecule has 0 amide bonds. The first-order chi connectivity index (χ1) is 8.19. The molecule has 3 nitrogen and oxygen atoms in total. The molecule has 3 fully saturated rings. The van der Waals surface area contributed by atoms with E-state index in [1.165, 1.54) is 0 Å². The van der Waals surface area contributed by atoms with Crippen molar-refractivity contribution in [1.29, 1.82) is 0 Å². The number of ether oxygens (including phenoxy) is 1. The molecule has 1 heterocycles. The zero-order valence-electron chi connectivity index (χ0n) is 11.5. The van der Waals surface area contributed by atoms with Gasteiger partial charge in [-0.15, -0.1) is 0 Å². The minimum absolute atomic E-state index is 0.0251. The zero-order valence-corrected chi connectivity index (χ0v) is 11.5. The molecular formula is C15H22O3. The van der Waals surface area contributed by atoms with Gasteiger partial charge in [-0.3, -0.25) is 4.79 Å². The second kappa shape index (κ2) is 3.07. The Morgan fingerprint density at radius 3 is 2.61 bits per heavy atom. The van der Waals surface area contributed by atoms with Crippen molar-refractivity contribution in [3.63, 3.8) is 0 Å². The van der Waals surface area contributed by atoms with Crippen LogP contribution in [0.5, 0.6) is 0 Å². The highest BCUT2D eigenvalue weighted by Crippen LogP contribution is 2.71. The Balaban J connectivity index is 2.02. The standard InChI is InChI=1S/C15H22O3/c1-10(2)14(17)8-7-12(3)6-5-11(16)13(4)15(12,9-14)18-13/h17H,1,5-9H2,2-4H3. The molecule has 2 aliphatic carbocycles. The van der Waals surface area contributed by atoms with Crippen LogP contribution in [-0.2, 0) is 9.53 Å². The second-order valence-corrected chi connectivity index (χ2v) is 6.93. The molecular weight excluding hydrogens is 228 g/mol. The fourth-order valence-electron chi connectivity index (χ4n) is 4.23. The van der Waals surface area contributed by atoms with E-state index in [0.29, 0.717) is 12.8 Å². The molecule has 3 heteroatoms. The Morgan fingerprint density at radius 2 is 2.00 bits per heavy atom. The summed E-state index contributed by atoms with van der Waals surface area (Å²) < 4.78 is 5.97. The van der Waals surface area contributed by atoms with E-state index in [9.17, 15) is 9.90 Å². The van der Waals surface area contributed by atoms with Crippen LogP contribution in [0.15, 0.2) is 12.2 Å². The molecule has 2 saturated carbocycles. The molecule has 4 atom stereocenters. The Hall–Kier alpha value is -0.670. The fraction of sp³-hybridized carbons (Fsp3) is 0.800. The summed E-state index contributed by atoms with van der Waals surface area (Å²) in [4.78, 5) is 12.1. The summed E-state index contributed by atoms with van der Waals surface area (Å²) in [7, 11) is 0. The van der Waals surface area contributed by atoms with Crippen molar-refractivity contribution < 1.29 is 14.6 Å². The predicted octanol–water partition coefficient (Wildman–Crippen LogP) is 2.37. The molecule has 0 aromatic rings. The minimum atomic E-state index is -0.866. The summed E-state index contributed by atoms with van der Waals surface area (Å²) in [5.74, 6) is 0.200. The quantitative estimate of drug-likeness (QED) is 0.574. The van der Waals surface area contributed by atoms with Crippen molar-refractivity contribution in [2.45, 2.75) is 69.7 Å². The molecule has 0 radical (unpaired) electrons. The van der Waals surface area contributed by atoms with Crippen molar-refractivity contribution in [2.24, 2.45) is 5.41 Å². The van der Waals surface area contributed by atoms with Crippen LogP contribution >= 0.6 is 0 Å². The molecule has 0 bridgehead atoms. The Kier molecular flexibility index (Phi) is 2.11. The number of hydrogen-bond acceptors (Lipinski definition) is 3. The first kappa shape index (κ1) is 12.4. The number of Topliss-reactive ketones (excluding diaryl/α,β-unsaturated/α-hetero) is 1. The molecule has 0 aromatic heterocycles. The van der Waals surface area contributed by atoms with Gasteiger partial charge in [0.2, 0.25) is 0 Å². The van der Waals surface area contributed by atoms with E-state index in [0.717, 1.165) is 24.8 Å². The number of epoxide rings is 1. The molecule has 0 aromatic carbocycles. The van der Waals surface area contributed by atoms with Gasteiger partial charge in [0.05, 0.1) is 5.60 Å². The average Bonchev–Trinajstić information content (AvgIpc) is 2.90. The van der Waals surface area contributed by atoms with Crippen LogP contribution in [0.1, 0.15) is 52.9 Å². The average molecular weight is 250 g/mol. The van der Waals surface area contributed by atoms with Crippen LogP contribution in [0.3, 0.4) is 0 Å². The van der Waals surface area contributed by atoms with E-state index >= 15 is 0 Å². The van der Waals surface area contributed by atoms with Gasteiger partial charge in [-0.1, -0.05) is 13.5 Å². The second-order valence-electron chi connectivity index (χ2n) is 6.93. The smallest absolute Gasteiger partial charge is 0.167 e. The SMILES string of the molecule is C=C(C)C1(O)CCC2(C)CCC(=O)C3(C)OC23C1. The van der Waals surface area contributed by atoms with Crippen LogP contribution in [-0.4, -0.2) is 27.7 Å². The minimum Gasteiger partial charge on any atom is -0.385 e. The van der Waals surface area contributed by atoms with Gasteiger partial charge in [0.25, 0.3) is 0 Å². The highest BCUT2D eigenvalue weighted by Gasteiger charge is 2.81. The van der Waals surface area contributed by atoms with Gasteiger partial charge in [0, 0.05) is 18.3 Å². The van der Waals surface area contributed by atoms with E-state index in [1.807, 2.05) is 13.8 Å². The van der Waals surface area contributed by atoms with E-state index in [4.69, 9.17) is 4.74 Å². The highest BCUT2D eigenvalue weighted by molar-refractivity contribution is 5.93. The van der Waals surface area contributed by atoms with E-state index in [1.54, 1.807) is 0 Å². The van der Waals surface area contributed by atoms with Crippen LogP contribution in [0, 0.1) is 5.41 Å². The third-order valence-corrected chi connectivity index (χ3v) is 5.94. The van der Waals surface area contributed by atoms with Crippen LogP contribution in [0.25, 0.3) is 0 Å². The third kappa shape index (κ3) is 1.15. The number of carbonyl (C=O) groups excluding carboxylic acids is 1. The fourth-order valence-corrected chi connectivity index (χ4v) is 4.23. The molecule has 1 spiro atoms. The third-order valence-electron chi connectivity index (χ3n) is 5.94. The number of rotatable bonds is 1. The van der Waals surface area contributed by atoms with Gasteiger partial charge >= 0.3 is 0 Å². The summed E-state index contributed by atoms with van der Waals surface area (Å²) in [5.41, 5.74) is -1.17. The predicted molar refractivity (Wildman–Crippen MR) is 68.2 cm³/mol. The van der Waals surface area contributed by atoms with Crippen LogP contribution in [0.2, 0.25) is 0 Å². The summed E-state index contributed by atoms with van der Waals surface area (Å²) >= 11 is 0. The Bertz CT molecular complexity index is 457. The summed E-state index contributed by atoms with van der Waals surface area (Å²) in [6, 6.07) is 0. The molecule has 3 aliphatic rings. The Morgan fingerprint density at radius 1 is 1.33 bits per heavy atom. The molecule has 4 unspecified atom stereocenters. The number of ketones is 1. The number of carbonyl (C=O) groups is 1. The van der Waals surface area contributed by atoms with Gasteiger partial charge < -0.3 is 9.84 Å². The van der Waals surface area contributed by atoms with Gasteiger partial charge in [0.15, 0.2) is 11.4 Å². The van der Waals surface area contributed by atoms with Gasteiger partial charge in [-0.25, -0.2) is 0 Å². The summed E-state index contributed by atoms with van der Waals surface area (Å²) in [6.07, 6.45) is 3.65. The lowest BCUT2D eigenvalue weighted by Gasteiger charge is -2.50. The van der Waals surface area contributed by atoms with Gasteiger partial charge in [-0.05, 0) is 38.7 Å². The molecule has 1 aliphatic heterocycles. The first-order valence-electron chi connectivity index (χ1n) is 6.81. The van der Waals surface area contributed by atoms with E-state index in [2.05, 4.69) is 13.5 Å². The van der Waals surface area contributed by atoms with Crippen molar-refractivity contribution in [3.05, 3.63) is 12.2 Å². The molecule has 1 saturated heterocycles. The largest absolute Gasteiger partial charge is 0.385 e. The molecule has 18 heavy (non-hydrogen) atoms. The van der Waals surface area contributed by atoms with Crippen molar-refractivity contribution in [3.8, 4) is 0 Å². The van der Waals surface area contributed by atoms with Crippen molar-refractivity contribution >= 4 is 5.78 Å². The lowest BCUT2D eigenvalue weighted by molar-refractivity contribution is -0.127. The summed E-state index contributed by atoms with van der Waals surface area (Å²) in [5, 5.41) is 10.7. The topological polar surface area (TPSA) is 49.8 Å². The molecule has 3 rings (SSSR count). The molecule has 100 valence electrons. The van der Waals surface area contributed by atoms with E-state index in [-0.39, 0.29) is 11.2 Å². The molecule has 1 N–H and O–H groups in total. The Labute approximate surface area is 108 Å². The number of aliphatic hydroxyl groups is 1. The number of hydrogen-bond donors (Lipinski definition) is 1. The van der Waals surface area contributed by atoms with Crippen molar-refractivity contribution in [2.75, 3.05) is 0 Å². The normalized spacial score (nSPS) is 54.6. The maximum absolute atomic E-state index is 12.1. The lowest BCUT2D eigenvalue weighted by Crippen LogP contribution is -2.56. The monoisotopic (exact) mass is 250 g/mol. The lowest BCUT2D eigenvalue weighted by atomic mass is 9.53. The van der Waals surface area contributed by atoms with Gasteiger partial charge in [-0.2, -0.15) is 0 Å².